The first-order valence-corrected chi connectivity index (χ1v) is 21.8. The molecule has 0 amide bonds. The third-order valence-corrected chi connectivity index (χ3v) is 10.3. The Hall–Kier alpha value is -1.14. The number of hydrogen-bond donors (Lipinski definition) is 3. The summed E-state index contributed by atoms with van der Waals surface area (Å²) in [4.78, 5) is 22.4. The minimum atomic E-state index is -0.662. The molecule has 0 aromatic carbocycles. The number of rotatable bonds is 41. The fourth-order valence-corrected chi connectivity index (χ4v) is 6.90. The zero-order valence-corrected chi connectivity index (χ0v) is 33.1. The number of carbonyl (C=O) groups excluding carboxylic acids is 1. The van der Waals surface area contributed by atoms with Crippen LogP contribution >= 0.6 is 0 Å². The maximum absolute atomic E-state index is 11.8. The normalized spacial score (nSPS) is 12.7. The third-order valence-electron chi connectivity index (χ3n) is 10.3. The molecule has 0 saturated carbocycles. The van der Waals surface area contributed by atoms with Gasteiger partial charge < -0.3 is 20.9 Å². The molecule has 0 spiro atoms. The molecule has 4 N–H and O–H groups in total. The molecule has 0 heterocycles. The number of unbranched alkanes of at least 4 members (excludes halogenated alkanes) is 29. The van der Waals surface area contributed by atoms with Gasteiger partial charge in [-0.05, 0) is 45.6 Å². The average Bonchev–Trinajstić information content (AvgIpc) is 3.08. The Morgan fingerprint density at radius 3 is 1.33 bits per heavy atom. The molecule has 2 atom stereocenters. The molecular weight excluding hydrogens is 608 g/mol. The fraction of sp³-hybridized carbons (Fsp3) is 0.953. The van der Waals surface area contributed by atoms with E-state index in [9.17, 15) is 9.59 Å². The first kappa shape index (κ1) is 47.9. The molecule has 0 bridgehead atoms. The summed E-state index contributed by atoms with van der Waals surface area (Å²) < 4.78 is 5.38. The van der Waals surface area contributed by atoms with Crippen molar-refractivity contribution in [3.05, 3.63) is 0 Å². The Labute approximate surface area is 305 Å². The minimum absolute atomic E-state index is 0.00590. The van der Waals surface area contributed by atoms with Gasteiger partial charge in [-0.2, -0.15) is 0 Å². The number of esters is 1. The van der Waals surface area contributed by atoms with Gasteiger partial charge in [0.05, 0.1) is 6.61 Å². The van der Waals surface area contributed by atoms with E-state index < -0.39 is 5.97 Å². The summed E-state index contributed by atoms with van der Waals surface area (Å²) in [6.07, 6.45) is 42.9. The molecule has 0 aliphatic heterocycles. The van der Waals surface area contributed by atoms with Crippen molar-refractivity contribution in [1.29, 1.82) is 0 Å². The largest absolute Gasteiger partial charge is 0.481 e. The summed E-state index contributed by atoms with van der Waals surface area (Å²) in [5.74, 6) is -0.656. The van der Waals surface area contributed by atoms with Crippen molar-refractivity contribution in [2.75, 3.05) is 13.2 Å². The van der Waals surface area contributed by atoms with Crippen molar-refractivity contribution in [2.24, 2.45) is 5.73 Å². The van der Waals surface area contributed by atoms with E-state index in [1.165, 1.54) is 180 Å². The number of aliphatic carboxylic acids is 1. The second kappa shape index (κ2) is 39.6. The van der Waals surface area contributed by atoms with Crippen molar-refractivity contribution in [3.63, 3.8) is 0 Å². The summed E-state index contributed by atoms with van der Waals surface area (Å²) in [7, 11) is 0. The van der Waals surface area contributed by atoms with Crippen LogP contribution in [0, 0.1) is 0 Å². The summed E-state index contributed by atoms with van der Waals surface area (Å²) >= 11 is 0. The molecule has 0 radical (unpaired) electrons. The zero-order chi connectivity index (χ0) is 35.9. The predicted octanol–water partition coefficient (Wildman–Crippen LogP) is 12.6. The molecule has 0 fully saturated rings. The van der Waals surface area contributed by atoms with Crippen LogP contribution in [0.1, 0.15) is 239 Å². The van der Waals surface area contributed by atoms with Gasteiger partial charge in [0.15, 0.2) is 0 Å². The highest BCUT2D eigenvalue weighted by molar-refractivity contribution is 5.69. The van der Waals surface area contributed by atoms with Gasteiger partial charge in [-0.1, -0.05) is 187 Å². The van der Waals surface area contributed by atoms with Crippen LogP contribution in [0.4, 0.5) is 0 Å². The monoisotopic (exact) mass is 695 g/mol. The Morgan fingerprint density at radius 1 is 0.531 bits per heavy atom. The van der Waals surface area contributed by atoms with Crippen molar-refractivity contribution in [2.45, 2.75) is 251 Å². The number of ether oxygens (including phenoxy) is 1. The SMILES string of the molecule is CCCCCCCCOC(=O)CCCCCCCCCCCCCCCNC(CCCCCCCCCCCCCCCC(=O)O)C(C)N. The lowest BCUT2D eigenvalue weighted by Gasteiger charge is -2.22. The third kappa shape index (κ3) is 39.5. The number of carboxylic acid groups (broad SMARTS) is 1. The van der Waals surface area contributed by atoms with E-state index in [1.807, 2.05) is 0 Å². The van der Waals surface area contributed by atoms with Gasteiger partial charge in [0.25, 0.3) is 0 Å². The molecule has 292 valence electrons. The lowest BCUT2D eigenvalue weighted by molar-refractivity contribution is -0.144. The van der Waals surface area contributed by atoms with Gasteiger partial charge in [0.1, 0.15) is 0 Å². The van der Waals surface area contributed by atoms with Crippen LogP contribution in [0.2, 0.25) is 0 Å². The molecule has 0 aromatic heterocycles. The van der Waals surface area contributed by atoms with Crippen LogP contribution in [0.5, 0.6) is 0 Å². The van der Waals surface area contributed by atoms with Crippen LogP contribution < -0.4 is 11.1 Å². The summed E-state index contributed by atoms with van der Waals surface area (Å²) in [6.45, 7) is 6.11. The number of hydrogen-bond acceptors (Lipinski definition) is 5. The van der Waals surface area contributed by atoms with Gasteiger partial charge in [-0.25, -0.2) is 0 Å². The summed E-state index contributed by atoms with van der Waals surface area (Å²) in [6, 6.07) is 0.681. The molecule has 0 aliphatic rings. The maximum atomic E-state index is 11.8. The molecule has 6 nitrogen and oxygen atoms in total. The number of nitrogens with two attached hydrogens (primary N) is 1. The molecule has 2 unspecified atom stereocenters. The molecule has 6 heteroatoms. The van der Waals surface area contributed by atoms with Crippen LogP contribution in [0.15, 0.2) is 0 Å². The number of carbonyl (C=O) groups is 2. The second-order valence-electron chi connectivity index (χ2n) is 15.3. The highest BCUT2D eigenvalue weighted by Crippen LogP contribution is 2.16. The first-order valence-electron chi connectivity index (χ1n) is 21.8. The minimum Gasteiger partial charge on any atom is -0.481 e. The lowest BCUT2D eigenvalue weighted by Crippen LogP contribution is -2.43. The van der Waals surface area contributed by atoms with Crippen LogP contribution in [-0.2, 0) is 14.3 Å². The topological polar surface area (TPSA) is 102 Å². The summed E-state index contributed by atoms with van der Waals surface area (Å²) in [5.41, 5.74) is 6.30. The molecule has 0 aromatic rings. The maximum Gasteiger partial charge on any atom is 0.305 e. The number of carboxylic acids is 1. The van der Waals surface area contributed by atoms with Gasteiger partial charge in [0, 0.05) is 24.9 Å². The van der Waals surface area contributed by atoms with Crippen molar-refractivity contribution >= 4 is 11.9 Å². The van der Waals surface area contributed by atoms with E-state index >= 15 is 0 Å². The fourth-order valence-electron chi connectivity index (χ4n) is 6.90. The van der Waals surface area contributed by atoms with E-state index in [0.717, 1.165) is 38.6 Å². The smallest absolute Gasteiger partial charge is 0.305 e. The molecular formula is C43H86N2O4. The Balaban J connectivity index is 3.39. The molecule has 49 heavy (non-hydrogen) atoms. The van der Waals surface area contributed by atoms with Gasteiger partial charge >= 0.3 is 11.9 Å². The van der Waals surface area contributed by atoms with Crippen LogP contribution in [0.3, 0.4) is 0 Å². The van der Waals surface area contributed by atoms with Crippen LogP contribution in [0.25, 0.3) is 0 Å². The zero-order valence-electron chi connectivity index (χ0n) is 33.1. The Kier molecular flexibility index (Phi) is 38.7. The predicted molar refractivity (Wildman–Crippen MR) is 211 cm³/mol. The van der Waals surface area contributed by atoms with E-state index in [2.05, 4.69) is 19.2 Å². The van der Waals surface area contributed by atoms with Gasteiger partial charge in [-0.3, -0.25) is 9.59 Å². The van der Waals surface area contributed by atoms with Gasteiger partial charge in [-0.15, -0.1) is 0 Å². The highest BCUT2D eigenvalue weighted by Gasteiger charge is 2.12. The first-order chi connectivity index (χ1) is 24.0. The quantitative estimate of drug-likeness (QED) is 0.0435. The molecule has 0 aliphatic carbocycles. The van der Waals surface area contributed by atoms with Crippen molar-refractivity contribution in [3.8, 4) is 0 Å². The van der Waals surface area contributed by atoms with Crippen molar-refractivity contribution < 1.29 is 19.4 Å². The Bertz CT molecular complexity index is 687. The van der Waals surface area contributed by atoms with Crippen LogP contribution in [-0.4, -0.2) is 42.3 Å². The molecule has 0 saturated heterocycles. The van der Waals surface area contributed by atoms with E-state index in [0.29, 0.717) is 25.5 Å². The van der Waals surface area contributed by atoms with E-state index in [1.54, 1.807) is 0 Å². The summed E-state index contributed by atoms with van der Waals surface area (Å²) in [5, 5.41) is 12.4. The Morgan fingerprint density at radius 2 is 0.898 bits per heavy atom. The second-order valence-corrected chi connectivity index (χ2v) is 15.3. The average molecular weight is 695 g/mol. The highest BCUT2D eigenvalue weighted by atomic mass is 16.5. The van der Waals surface area contributed by atoms with Gasteiger partial charge in [0.2, 0.25) is 0 Å². The van der Waals surface area contributed by atoms with E-state index in [-0.39, 0.29) is 12.0 Å². The number of nitrogens with one attached hydrogen (secondary N) is 1. The molecule has 0 rings (SSSR count). The van der Waals surface area contributed by atoms with E-state index in [4.69, 9.17) is 15.6 Å². The standard InChI is InChI=1S/C43H86N2O4/c1-3-4-5-6-29-34-39-49-43(48)37-32-27-23-19-15-11-8-12-16-20-24-28-33-38-45-41(40(2)44)35-30-25-21-17-13-9-7-10-14-18-22-26-31-36-42(46)47/h40-41,45H,3-39,44H2,1-2H3,(H,46,47). The lowest BCUT2D eigenvalue weighted by atomic mass is 10.0. The van der Waals surface area contributed by atoms with Crippen molar-refractivity contribution in [1.82, 2.24) is 5.32 Å².